The molecule has 2 rings (SSSR count). The van der Waals surface area contributed by atoms with Gasteiger partial charge in [0, 0.05) is 18.0 Å². The molecule has 1 heterocycles. The maximum Gasteiger partial charge on any atom is 0.265 e. The fourth-order valence-corrected chi connectivity index (χ4v) is 2.14. The molecule has 0 aliphatic carbocycles. The van der Waals surface area contributed by atoms with E-state index in [9.17, 15) is 18.0 Å². The Morgan fingerprint density at radius 1 is 1.39 bits per heavy atom. The highest BCUT2D eigenvalue weighted by molar-refractivity contribution is 6.31. The second kappa shape index (κ2) is 4.80. The summed E-state index contributed by atoms with van der Waals surface area (Å²) in [6, 6.07) is 3.52. The third-order valence-electron chi connectivity index (χ3n) is 2.84. The Bertz CT molecular complexity index is 478. The van der Waals surface area contributed by atoms with Crippen molar-refractivity contribution in [1.82, 2.24) is 4.90 Å². The maximum absolute atomic E-state index is 13.5. The number of hydrogen-bond donors (Lipinski definition) is 0. The van der Waals surface area contributed by atoms with Crippen molar-refractivity contribution < 1.29 is 18.0 Å². The number of nitrogens with zero attached hydrogens (tertiary/aromatic N) is 1. The minimum absolute atomic E-state index is 0.198. The molecule has 1 aromatic carbocycles. The quantitative estimate of drug-likeness (QED) is 0.771. The van der Waals surface area contributed by atoms with Gasteiger partial charge in [-0.1, -0.05) is 11.6 Å². The molecule has 1 fully saturated rings. The van der Waals surface area contributed by atoms with E-state index in [2.05, 4.69) is 0 Å². The molecule has 1 aliphatic heterocycles. The standard InChI is InChI=1S/C12H11ClF3NO/c13-8-2-3-10(14)9(6-8)11(18)17-5-1-4-12(15,16)7-17/h2-3,6H,1,4-5,7H2. The first-order valence-electron chi connectivity index (χ1n) is 5.51. The zero-order valence-electron chi connectivity index (χ0n) is 9.43. The number of carbonyl (C=O) groups is 1. The lowest BCUT2D eigenvalue weighted by Crippen LogP contribution is -2.45. The van der Waals surface area contributed by atoms with Crippen LogP contribution in [-0.4, -0.2) is 29.8 Å². The molecule has 0 aromatic heterocycles. The van der Waals surface area contributed by atoms with Gasteiger partial charge in [-0.3, -0.25) is 4.79 Å². The van der Waals surface area contributed by atoms with Crippen LogP contribution in [0.15, 0.2) is 18.2 Å². The molecule has 0 spiro atoms. The van der Waals surface area contributed by atoms with Gasteiger partial charge in [0.15, 0.2) is 0 Å². The van der Waals surface area contributed by atoms with Crippen LogP contribution in [-0.2, 0) is 0 Å². The highest BCUT2D eigenvalue weighted by Crippen LogP contribution is 2.28. The summed E-state index contributed by atoms with van der Waals surface area (Å²) in [4.78, 5) is 12.9. The third-order valence-corrected chi connectivity index (χ3v) is 3.07. The van der Waals surface area contributed by atoms with Crippen molar-refractivity contribution in [3.05, 3.63) is 34.6 Å². The largest absolute Gasteiger partial charge is 0.333 e. The molecule has 1 aliphatic rings. The van der Waals surface area contributed by atoms with Crippen LogP contribution < -0.4 is 0 Å². The van der Waals surface area contributed by atoms with E-state index in [-0.39, 0.29) is 30.0 Å². The fourth-order valence-electron chi connectivity index (χ4n) is 1.97. The maximum atomic E-state index is 13.5. The summed E-state index contributed by atoms with van der Waals surface area (Å²) in [5.74, 6) is -4.39. The number of likely N-dealkylation sites (tertiary alicyclic amines) is 1. The number of rotatable bonds is 1. The smallest absolute Gasteiger partial charge is 0.265 e. The molecule has 1 aromatic rings. The van der Waals surface area contributed by atoms with E-state index in [1.165, 1.54) is 6.07 Å². The molecule has 1 amide bonds. The summed E-state index contributed by atoms with van der Waals surface area (Å²) < 4.78 is 39.9. The van der Waals surface area contributed by atoms with Gasteiger partial charge < -0.3 is 4.90 Å². The van der Waals surface area contributed by atoms with Crippen molar-refractivity contribution in [2.45, 2.75) is 18.8 Å². The van der Waals surface area contributed by atoms with Gasteiger partial charge in [-0.05, 0) is 24.6 Å². The molecule has 0 unspecified atom stereocenters. The van der Waals surface area contributed by atoms with Crippen molar-refractivity contribution in [3.63, 3.8) is 0 Å². The fraction of sp³-hybridized carbons (Fsp3) is 0.417. The lowest BCUT2D eigenvalue weighted by molar-refractivity contribution is -0.0561. The molecule has 0 N–H and O–H groups in total. The normalized spacial score (nSPS) is 18.8. The van der Waals surface area contributed by atoms with E-state index < -0.39 is 24.2 Å². The van der Waals surface area contributed by atoms with Crippen LogP contribution in [0.5, 0.6) is 0 Å². The lowest BCUT2D eigenvalue weighted by atomic mass is 10.1. The van der Waals surface area contributed by atoms with Gasteiger partial charge in [0.1, 0.15) is 5.82 Å². The molecular weight excluding hydrogens is 267 g/mol. The van der Waals surface area contributed by atoms with E-state index in [1.54, 1.807) is 0 Å². The zero-order valence-corrected chi connectivity index (χ0v) is 10.2. The van der Waals surface area contributed by atoms with Gasteiger partial charge in [0.2, 0.25) is 0 Å². The van der Waals surface area contributed by atoms with Crippen molar-refractivity contribution in [2.24, 2.45) is 0 Å². The van der Waals surface area contributed by atoms with E-state index >= 15 is 0 Å². The molecule has 0 saturated carbocycles. The van der Waals surface area contributed by atoms with Gasteiger partial charge in [-0.25, -0.2) is 13.2 Å². The van der Waals surface area contributed by atoms with Crippen molar-refractivity contribution in [1.29, 1.82) is 0 Å². The number of benzene rings is 1. The van der Waals surface area contributed by atoms with Crippen LogP contribution in [0.25, 0.3) is 0 Å². The molecule has 0 radical (unpaired) electrons. The highest BCUT2D eigenvalue weighted by Gasteiger charge is 2.37. The monoisotopic (exact) mass is 277 g/mol. The summed E-state index contributed by atoms with van der Waals surface area (Å²) in [5.41, 5.74) is -0.264. The van der Waals surface area contributed by atoms with Gasteiger partial charge in [0.25, 0.3) is 11.8 Å². The Hall–Kier alpha value is -1.23. The average molecular weight is 278 g/mol. The van der Waals surface area contributed by atoms with E-state index in [0.29, 0.717) is 0 Å². The Kier molecular flexibility index (Phi) is 3.52. The predicted molar refractivity (Wildman–Crippen MR) is 61.5 cm³/mol. The highest BCUT2D eigenvalue weighted by atomic mass is 35.5. The number of carbonyl (C=O) groups excluding carboxylic acids is 1. The van der Waals surface area contributed by atoms with E-state index in [1.807, 2.05) is 0 Å². The lowest BCUT2D eigenvalue weighted by Gasteiger charge is -2.32. The molecule has 2 nitrogen and oxygen atoms in total. The Morgan fingerprint density at radius 3 is 2.78 bits per heavy atom. The van der Waals surface area contributed by atoms with Gasteiger partial charge in [-0.2, -0.15) is 0 Å². The van der Waals surface area contributed by atoms with Crippen LogP contribution in [0, 0.1) is 5.82 Å². The SMILES string of the molecule is O=C(c1cc(Cl)ccc1F)N1CCCC(F)(F)C1. The first kappa shape index (κ1) is 13.2. The van der Waals surface area contributed by atoms with Crippen LogP contribution >= 0.6 is 11.6 Å². The third kappa shape index (κ3) is 2.77. The van der Waals surface area contributed by atoms with Crippen molar-refractivity contribution in [3.8, 4) is 0 Å². The van der Waals surface area contributed by atoms with Crippen molar-refractivity contribution in [2.75, 3.05) is 13.1 Å². The molecule has 98 valence electrons. The second-order valence-corrected chi connectivity index (χ2v) is 4.75. The Labute approximate surface area is 107 Å². The molecule has 0 bridgehead atoms. The Morgan fingerprint density at radius 2 is 2.11 bits per heavy atom. The van der Waals surface area contributed by atoms with Crippen molar-refractivity contribution >= 4 is 17.5 Å². The summed E-state index contributed by atoms with van der Waals surface area (Å²) >= 11 is 5.67. The van der Waals surface area contributed by atoms with E-state index in [4.69, 9.17) is 11.6 Å². The minimum atomic E-state index is -2.90. The summed E-state index contributed by atoms with van der Waals surface area (Å²) in [7, 11) is 0. The molecule has 1 saturated heterocycles. The van der Waals surface area contributed by atoms with Gasteiger partial charge in [0.05, 0.1) is 12.1 Å². The van der Waals surface area contributed by atoms with Crippen LogP contribution in [0.1, 0.15) is 23.2 Å². The van der Waals surface area contributed by atoms with E-state index in [0.717, 1.165) is 17.0 Å². The molecular formula is C12H11ClF3NO. The zero-order chi connectivity index (χ0) is 13.3. The minimum Gasteiger partial charge on any atom is -0.333 e. The van der Waals surface area contributed by atoms with Gasteiger partial charge in [-0.15, -0.1) is 0 Å². The van der Waals surface area contributed by atoms with Gasteiger partial charge >= 0.3 is 0 Å². The summed E-state index contributed by atoms with van der Waals surface area (Å²) in [6.45, 7) is -0.460. The Balaban J connectivity index is 2.23. The molecule has 0 atom stereocenters. The molecule has 18 heavy (non-hydrogen) atoms. The van der Waals surface area contributed by atoms with Crippen LogP contribution in [0.3, 0.4) is 0 Å². The number of hydrogen-bond acceptors (Lipinski definition) is 1. The van der Waals surface area contributed by atoms with Crippen LogP contribution in [0.4, 0.5) is 13.2 Å². The second-order valence-electron chi connectivity index (χ2n) is 4.31. The average Bonchev–Trinajstić information content (AvgIpc) is 2.30. The first-order chi connectivity index (χ1) is 8.39. The molecule has 6 heteroatoms. The number of halogens is 4. The van der Waals surface area contributed by atoms with Crippen LogP contribution in [0.2, 0.25) is 5.02 Å². The number of piperidine rings is 1. The number of alkyl halides is 2. The predicted octanol–water partition coefficient (Wildman–Crippen LogP) is 3.35. The first-order valence-corrected chi connectivity index (χ1v) is 5.89. The summed E-state index contributed by atoms with van der Waals surface area (Å²) in [6.07, 6.45) is -0.0320. The summed E-state index contributed by atoms with van der Waals surface area (Å²) in [5, 5.41) is 0.198. The number of amides is 1. The topological polar surface area (TPSA) is 20.3 Å².